The molecule has 30 heavy (non-hydrogen) atoms. The second kappa shape index (κ2) is 8.16. The van der Waals surface area contributed by atoms with Crippen molar-refractivity contribution in [2.75, 3.05) is 30.9 Å². The van der Waals surface area contributed by atoms with Crippen LogP contribution in [0.25, 0.3) is 0 Å². The van der Waals surface area contributed by atoms with Gasteiger partial charge in [0.05, 0.1) is 22.4 Å². The van der Waals surface area contributed by atoms with Gasteiger partial charge in [-0.15, -0.1) is 0 Å². The molecule has 0 fully saturated rings. The van der Waals surface area contributed by atoms with Crippen molar-refractivity contribution in [3.63, 3.8) is 0 Å². The third kappa shape index (κ3) is 4.04. The van der Waals surface area contributed by atoms with E-state index in [1.807, 2.05) is 0 Å². The van der Waals surface area contributed by atoms with Crippen LogP contribution < -0.4 is 10.2 Å². The maximum Gasteiger partial charge on any atom is 0.338 e. The summed E-state index contributed by atoms with van der Waals surface area (Å²) in [5, 5.41) is 2.60. The minimum atomic E-state index is -0.772. The highest BCUT2D eigenvalue weighted by Crippen LogP contribution is 2.30. The highest BCUT2D eigenvalue weighted by molar-refractivity contribution is 6.34. The summed E-state index contributed by atoms with van der Waals surface area (Å²) in [4.78, 5) is 62.7. The summed E-state index contributed by atoms with van der Waals surface area (Å²) in [5.74, 6) is -2.50. The standard InChI is InChI=1S/C21H19N3O6/c1-12(25)22-14-5-7-15(8-6-14)24-19(27)16-9-4-13(10-17(16)20(24)28)21(29)30-11-18(26)23(2)3/h4-10H,11H2,1-3H3,(H,22,25). The van der Waals surface area contributed by atoms with Gasteiger partial charge in [0.15, 0.2) is 6.61 Å². The maximum absolute atomic E-state index is 12.8. The highest BCUT2D eigenvalue weighted by atomic mass is 16.5. The molecule has 1 heterocycles. The SMILES string of the molecule is CC(=O)Nc1ccc(N2C(=O)c3ccc(C(=O)OCC(=O)N(C)C)cc3C2=O)cc1. The largest absolute Gasteiger partial charge is 0.452 e. The van der Waals surface area contributed by atoms with Crippen LogP contribution in [0.4, 0.5) is 11.4 Å². The van der Waals surface area contributed by atoms with Crippen molar-refractivity contribution in [3.8, 4) is 0 Å². The van der Waals surface area contributed by atoms with Gasteiger partial charge in [-0.2, -0.15) is 0 Å². The van der Waals surface area contributed by atoms with Gasteiger partial charge in [0.1, 0.15) is 0 Å². The number of hydrogen-bond donors (Lipinski definition) is 1. The predicted molar refractivity (Wildman–Crippen MR) is 107 cm³/mol. The number of nitrogens with one attached hydrogen (secondary N) is 1. The number of ether oxygens (including phenoxy) is 1. The summed E-state index contributed by atoms with van der Waals surface area (Å²) < 4.78 is 4.95. The number of hydrogen-bond acceptors (Lipinski definition) is 6. The number of fused-ring (bicyclic) bond motifs is 1. The van der Waals surface area contributed by atoms with Crippen LogP contribution in [-0.2, 0) is 14.3 Å². The van der Waals surface area contributed by atoms with Gasteiger partial charge in [0, 0.05) is 26.7 Å². The summed E-state index contributed by atoms with van der Waals surface area (Å²) in [7, 11) is 3.07. The first-order valence-electron chi connectivity index (χ1n) is 8.97. The van der Waals surface area contributed by atoms with E-state index in [4.69, 9.17) is 4.74 Å². The molecule has 0 saturated heterocycles. The van der Waals surface area contributed by atoms with Crippen LogP contribution in [0.2, 0.25) is 0 Å². The lowest BCUT2D eigenvalue weighted by Gasteiger charge is -2.14. The number of imide groups is 1. The number of rotatable bonds is 5. The van der Waals surface area contributed by atoms with Crippen molar-refractivity contribution in [3.05, 3.63) is 59.2 Å². The molecule has 9 heteroatoms. The van der Waals surface area contributed by atoms with Crippen molar-refractivity contribution < 1.29 is 28.7 Å². The van der Waals surface area contributed by atoms with Crippen LogP contribution in [0.3, 0.4) is 0 Å². The van der Waals surface area contributed by atoms with Gasteiger partial charge in [-0.25, -0.2) is 9.69 Å². The van der Waals surface area contributed by atoms with Gasteiger partial charge in [0.2, 0.25) is 5.91 Å². The van der Waals surface area contributed by atoms with Gasteiger partial charge in [-0.1, -0.05) is 0 Å². The number of carbonyl (C=O) groups excluding carboxylic acids is 5. The summed E-state index contributed by atoms with van der Waals surface area (Å²) in [6, 6.07) is 10.3. The fourth-order valence-corrected chi connectivity index (χ4v) is 2.84. The molecule has 3 rings (SSSR count). The molecule has 0 saturated carbocycles. The third-order valence-electron chi connectivity index (χ3n) is 4.39. The number of nitrogens with zero attached hydrogens (tertiary/aromatic N) is 2. The Balaban J connectivity index is 1.80. The van der Waals surface area contributed by atoms with Gasteiger partial charge >= 0.3 is 5.97 Å². The van der Waals surface area contributed by atoms with Crippen LogP contribution in [0.15, 0.2) is 42.5 Å². The summed E-state index contributed by atoms with van der Waals surface area (Å²) in [6.07, 6.45) is 0. The summed E-state index contributed by atoms with van der Waals surface area (Å²) in [5.41, 5.74) is 1.15. The molecule has 1 N–H and O–H groups in total. The van der Waals surface area contributed by atoms with E-state index in [0.29, 0.717) is 11.4 Å². The summed E-state index contributed by atoms with van der Waals surface area (Å²) >= 11 is 0. The maximum atomic E-state index is 12.8. The molecule has 9 nitrogen and oxygen atoms in total. The van der Waals surface area contributed by atoms with Crippen molar-refractivity contribution in [2.45, 2.75) is 6.92 Å². The third-order valence-corrected chi connectivity index (χ3v) is 4.39. The molecule has 154 valence electrons. The second-order valence-electron chi connectivity index (χ2n) is 6.80. The normalized spacial score (nSPS) is 12.4. The zero-order valence-electron chi connectivity index (χ0n) is 16.6. The van der Waals surface area contributed by atoms with E-state index in [9.17, 15) is 24.0 Å². The molecule has 0 bridgehead atoms. The molecule has 0 unspecified atom stereocenters. The quantitative estimate of drug-likeness (QED) is 0.594. The van der Waals surface area contributed by atoms with E-state index in [-0.39, 0.29) is 28.5 Å². The Kier molecular flexibility index (Phi) is 5.63. The van der Waals surface area contributed by atoms with Crippen LogP contribution in [0, 0.1) is 0 Å². The van der Waals surface area contributed by atoms with Gasteiger partial charge in [-0.05, 0) is 42.5 Å². The predicted octanol–water partition coefficient (Wildman–Crippen LogP) is 1.69. The Labute approximate surface area is 172 Å². The fourth-order valence-electron chi connectivity index (χ4n) is 2.84. The summed E-state index contributed by atoms with van der Waals surface area (Å²) in [6.45, 7) is 0.944. The lowest BCUT2D eigenvalue weighted by atomic mass is 10.1. The lowest BCUT2D eigenvalue weighted by Crippen LogP contribution is -2.29. The van der Waals surface area contributed by atoms with E-state index in [0.717, 1.165) is 4.90 Å². The smallest absolute Gasteiger partial charge is 0.338 e. The van der Waals surface area contributed by atoms with Crippen LogP contribution in [0.1, 0.15) is 38.0 Å². The average molecular weight is 409 g/mol. The molecule has 2 aromatic carbocycles. The number of amides is 4. The van der Waals surface area contributed by atoms with Gasteiger partial charge in [-0.3, -0.25) is 19.2 Å². The minimum absolute atomic E-state index is 0.0595. The van der Waals surface area contributed by atoms with Crippen LogP contribution in [0.5, 0.6) is 0 Å². The second-order valence-corrected chi connectivity index (χ2v) is 6.80. The molecule has 0 aliphatic carbocycles. The van der Waals surface area contributed by atoms with Crippen LogP contribution in [-0.4, -0.2) is 55.2 Å². The number of anilines is 2. The van der Waals surface area contributed by atoms with Gasteiger partial charge < -0.3 is 15.0 Å². The molecular formula is C21H19N3O6. The average Bonchev–Trinajstić information content (AvgIpc) is 2.96. The Morgan fingerprint density at radius 3 is 2.20 bits per heavy atom. The molecule has 2 aromatic rings. The van der Waals surface area contributed by atoms with E-state index < -0.39 is 24.4 Å². The number of esters is 1. The van der Waals surface area contributed by atoms with E-state index in [1.54, 1.807) is 12.1 Å². The van der Waals surface area contributed by atoms with Crippen molar-refractivity contribution in [1.29, 1.82) is 0 Å². The fraction of sp³-hybridized carbons (Fsp3) is 0.190. The molecule has 0 atom stereocenters. The molecule has 0 radical (unpaired) electrons. The Morgan fingerprint density at radius 2 is 1.60 bits per heavy atom. The van der Waals surface area contributed by atoms with E-state index in [1.165, 1.54) is 56.3 Å². The number of carbonyl (C=O) groups is 5. The topological polar surface area (TPSA) is 113 Å². The van der Waals surface area contributed by atoms with Crippen molar-refractivity contribution >= 4 is 41.0 Å². The molecule has 1 aliphatic heterocycles. The lowest BCUT2D eigenvalue weighted by molar-refractivity contribution is -0.132. The molecule has 0 spiro atoms. The monoisotopic (exact) mass is 409 g/mol. The Hall–Kier alpha value is -4.01. The Bertz CT molecular complexity index is 1060. The molecule has 1 aliphatic rings. The number of likely N-dealkylation sites (N-methyl/N-ethyl adjacent to an activating group) is 1. The minimum Gasteiger partial charge on any atom is -0.452 e. The van der Waals surface area contributed by atoms with Crippen molar-refractivity contribution in [2.24, 2.45) is 0 Å². The van der Waals surface area contributed by atoms with E-state index in [2.05, 4.69) is 5.32 Å². The first-order chi connectivity index (χ1) is 14.2. The zero-order chi connectivity index (χ0) is 22.0. The van der Waals surface area contributed by atoms with Crippen LogP contribution >= 0.6 is 0 Å². The first-order valence-corrected chi connectivity index (χ1v) is 8.97. The Morgan fingerprint density at radius 1 is 0.967 bits per heavy atom. The highest BCUT2D eigenvalue weighted by Gasteiger charge is 2.37. The first kappa shape index (κ1) is 20.7. The zero-order valence-corrected chi connectivity index (χ0v) is 16.6. The van der Waals surface area contributed by atoms with E-state index >= 15 is 0 Å². The molecular weight excluding hydrogens is 390 g/mol. The van der Waals surface area contributed by atoms with Crippen molar-refractivity contribution in [1.82, 2.24) is 4.90 Å². The van der Waals surface area contributed by atoms with Gasteiger partial charge in [0.25, 0.3) is 17.7 Å². The molecule has 4 amide bonds. The number of benzene rings is 2. The molecule has 0 aromatic heterocycles.